The van der Waals surface area contributed by atoms with E-state index in [1.807, 2.05) is 0 Å². The van der Waals surface area contributed by atoms with E-state index < -0.39 is 5.97 Å². The molecule has 1 unspecified atom stereocenters. The fourth-order valence-corrected chi connectivity index (χ4v) is 1.49. The molecule has 88 valence electrons. The molecule has 0 aromatic heterocycles. The number of hydrogen-bond acceptors (Lipinski definition) is 1. The van der Waals surface area contributed by atoms with Crippen molar-refractivity contribution in [3.8, 4) is 0 Å². The largest absolute Gasteiger partial charge is 0.481 e. The van der Waals surface area contributed by atoms with Gasteiger partial charge in [-0.25, -0.2) is 0 Å². The van der Waals surface area contributed by atoms with Gasteiger partial charge in [0.25, 0.3) is 0 Å². The van der Waals surface area contributed by atoms with Crippen LogP contribution >= 0.6 is 0 Å². The third-order valence-corrected chi connectivity index (χ3v) is 2.52. The molecule has 0 bridgehead atoms. The minimum absolute atomic E-state index is 0.287. The Kier molecular flexibility index (Phi) is 9.24. The molecule has 0 aliphatic heterocycles. The molecular weight excluding hydrogens is 188 g/mol. The molecule has 0 aromatic rings. The minimum atomic E-state index is -0.695. The standard InChI is InChI=1S/C13H24O2/c1-3-4-9-12(2)10-7-5-6-8-11-13(14)15/h5,7,12H,3-4,6,8-11H2,1-2H3,(H,14,15)/b7-5-. The molecular formula is C13H24O2. The third-order valence-electron chi connectivity index (χ3n) is 2.52. The molecule has 0 aliphatic carbocycles. The molecule has 0 aliphatic rings. The Morgan fingerprint density at radius 3 is 2.67 bits per heavy atom. The highest BCUT2D eigenvalue weighted by molar-refractivity contribution is 5.66. The maximum Gasteiger partial charge on any atom is 0.303 e. The first-order valence-corrected chi connectivity index (χ1v) is 6.03. The van der Waals surface area contributed by atoms with Crippen LogP contribution in [0.1, 0.15) is 58.8 Å². The summed E-state index contributed by atoms with van der Waals surface area (Å²) >= 11 is 0. The Bertz CT molecular complexity index is 185. The third kappa shape index (κ3) is 11.1. The number of aliphatic carboxylic acids is 1. The maximum atomic E-state index is 10.2. The lowest BCUT2D eigenvalue weighted by Gasteiger charge is -2.06. The Balaban J connectivity index is 3.33. The summed E-state index contributed by atoms with van der Waals surface area (Å²) in [5.41, 5.74) is 0. The summed E-state index contributed by atoms with van der Waals surface area (Å²) in [4.78, 5) is 10.2. The number of unbranched alkanes of at least 4 members (excludes halogenated alkanes) is 2. The van der Waals surface area contributed by atoms with E-state index in [1.54, 1.807) is 0 Å². The first-order valence-electron chi connectivity index (χ1n) is 6.03. The second-order valence-corrected chi connectivity index (χ2v) is 4.24. The van der Waals surface area contributed by atoms with Gasteiger partial charge in [-0.3, -0.25) is 4.79 Å². The van der Waals surface area contributed by atoms with E-state index in [0.717, 1.165) is 25.2 Å². The summed E-state index contributed by atoms with van der Waals surface area (Å²) in [5.74, 6) is 0.0698. The van der Waals surface area contributed by atoms with Crippen LogP contribution in [0, 0.1) is 5.92 Å². The summed E-state index contributed by atoms with van der Waals surface area (Å²) in [6.45, 7) is 4.49. The molecule has 1 atom stereocenters. The van der Waals surface area contributed by atoms with Crippen molar-refractivity contribution in [2.45, 2.75) is 58.8 Å². The molecule has 2 heteroatoms. The Morgan fingerprint density at radius 1 is 1.33 bits per heavy atom. The molecule has 0 radical (unpaired) electrons. The van der Waals surface area contributed by atoms with Crippen molar-refractivity contribution < 1.29 is 9.90 Å². The van der Waals surface area contributed by atoms with E-state index in [9.17, 15) is 4.79 Å². The van der Waals surface area contributed by atoms with Crippen LogP contribution in [-0.2, 0) is 4.79 Å². The van der Waals surface area contributed by atoms with E-state index in [-0.39, 0.29) is 6.42 Å². The summed E-state index contributed by atoms with van der Waals surface area (Å²) in [6.07, 6.45) is 11.3. The van der Waals surface area contributed by atoms with Crippen molar-refractivity contribution in [2.75, 3.05) is 0 Å². The van der Waals surface area contributed by atoms with E-state index in [0.29, 0.717) is 0 Å². The topological polar surface area (TPSA) is 37.3 Å². The van der Waals surface area contributed by atoms with Gasteiger partial charge in [0.2, 0.25) is 0 Å². The van der Waals surface area contributed by atoms with Crippen molar-refractivity contribution in [1.82, 2.24) is 0 Å². The molecule has 0 fully saturated rings. The zero-order chi connectivity index (χ0) is 11.5. The van der Waals surface area contributed by atoms with Crippen LogP contribution in [0.2, 0.25) is 0 Å². The smallest absolute Gasteiger partial charge is 0.303 e. The highest BCUT2D eigenvalue weighted by Crippen LogP contribution is 2.12. The van der Waals surface area contributed by atoms with Gasteiger partial charge in [-0.2, -0.15) is 0 Å². The van der Waals surface area contributed by atoms with Crippen LogP contribution in [0.15, 0.2) is 12.2 Å². The van der Waals surface area contributed by atoms with Gasteiger partial charge < -0.3 is 5.11 Å². The number of hydrogen-bond donors (Lipinski definition) is 1. The van der Waals surface area contributed by atoms with Crippen molar-refractivity contribution in [3.63, 3.8) is 0 Å². The van der Waals surface area contributed by atoms with Gasteiger partial charge in [0.1, 0.15) is 0 Å². The summed E-state index contributed by atoms with van der Waals surface area (Å²) in [6, 6.07) is 0. The van der Waals surface area contributed by atoms with Gasteiger partial charge in [-0.1, -0.05) is 45.3 Å². The van der Waals surface area contributed by atoms with Crippen molar-refractivity contribution in [1.29, 1.82) is 0 Å². The zero-order valence-electron chi connectivity index (χ0n) is 10.0. The molecule has 0 aromatic carbocycles. The highest BCUT2D eigenvalue weighted by atomic mass is 16.4. The normalized spacial score (nSPS) is 13.2. The van der Waals surface area contributed by atoms with Gasteiger partial charge in [-0.15, -0.1) is 0 Å². The maximum absolute atomic E-state index is 10.2. The minimum Gasteiger partial charge on any atom is -0.481 e. The van der Waals surface area contributed by atoms with Gasteiger partial charge in [0, 0.05) is 6.42 Å². The van der Waals surface area contributed by atoms with E-state index in [4.69, 9.17) is 5.11 Å². The lowest BCUT2D eigenvalue weighted by Crippen LogP contribution is -1.93. The van der Waals surface area contributed by atoms with Crippen molar-refractivity contribution in [3.05, 3.63) is 12.2 Å². The molecule has 15 heavy (non-hydrogen) atoms. The fourth-order valence-electron chi connectivity index (χ4n) is 1.49. The predicted molar refractivity (Wildman–Crippen MR) is 63.9 cm³/mol. The van der Waals surface area contributed by atoms with Crippen molar-refractivity contribution >= 4 is 5.97 Å². The first-order chi connectivity index (χ1) is 7.16. The number of allylic oxidation sites excluding steroid dienone is 2. The average Bonchev–Trinajstić information content (AvgIpc) is 2.19. The molecule has 1 N–H and O–H groups in total. The van der Waals surface area contributed by atoms with Crippen LogP contribution in [0.5, 0.6) is 0 Å². The molecule has 0 spiro atoms. The predicted octanol–water partition coefficient (Wildman–Crippen LogP) is 4.01. The van der Waals surface area contributed by atoms with Crippen molar-refractivity contribution in [2.24, 2.45) is 5.92 Å². The van der Waals surface area contributed by atoms with Crippen LogP contribution in [0.25, 0.3) is 0 Å². The number of carbonyl (C=O) groups is 1. The lowest BCUT2D eigenvalue weighted by molar-refractivity contribution is -0.137. The highest BCUT2D eigenvalue weighted by Gasteiger charge is 1.98. The fraction of sp³-hybridized carbons (Fsp3) is 0.769. The van der Waals surface area contributed by atoms with Gasteiger partial charge >= 0.3 is 5.97 Å². The SMILES string of the molecule is CCCCC(C)C/C=C\CCCC(=O)O. The van der Waals surface area contributed by atoms with Gasteiger partial charge in [-0.05, 0) is 25.2 Å². The molecule has 0 saturated carbocycles. The molecule has 0 saturated heterocycles. The second-order valence-electron chi connectivity index (χ2n) is 4.24. The van der Waals surface area contributed by atoms with E-state index >= 15 is 0 Å². The van der Waals surface area contributed by atoms with Gasteiger partial charge in [0.05, 0.1) is 0 Å². The Labute approximate surface area is 93.4 Å². The Hall–Kier alpha value is -0.790. The molecule has 2 nitrogen and oxygen atoms in total. The second kappa shape index (κ2) is 9.75. The summed E-state index contributed by atoms with van der Waals surface area (Å²) in [5, 5.41) is 8.43. The molecule has 0 heterocycles. The summed E-state index contributed by atoms with van der Waals surface area (Å²) in [7, 11) is 0. The number of carboxylic acids is 1. The number of carboxylic acid groups (broad SMARTS) is 1. The average molecular weight is 212 g/mol. The first kappa shape index (κ1) is 14.2. The van der Waals surface area contributed by atoms with Crippen LogP contribution in [0.4, 0.5) is 0 Å². The monoisotopic (exact) mass is 212 g/mol. The quantitative estimate of drug-likeness (QED) is 0.463. The molecule has 0 rings (SSSR count). The zero-order valence-corrected chi connectivity index (χ0v) is 10.0. The van der Waals surface area contributed by atoms with E-state index in [2.05, 4.69) is 26.0 Å². The van der Waals surface area contributed by atoms with E-state index in [1.165, 1.54) is 19.3 Å². The van der Waals surface area contributed by atoms with Crippen LogP contribution < -0.4 is 0 Å². The lowest BCUT2D eigenvalue weighted by atomic mass is 10.0. The van der Waals surface area contributed by atoms with Crippen LogP contribution in [0.3, 0.4) is 0 Å². The Morgan fingerprint density at radius 2 is 2.07 bits per heavy atom. The summed E-state index contributed by atoms with van der Waals surface area (Å²) < 4.78 is 0. The van der Waals surface area contributed by atoms with Crippen LogP contribution in [-0.4, -0.2) is 11.1 Å². The molecule has 0 amide bonds. The van der Waals surface area contributed by atoms with Gasteiger partial charge in [0.15, 0.2) is 0 Å². The number of rotatable bonds is 9.